The summed E-state index contributed by atoms with van der Waals surface area (Å²) in [6.07, 6.45) is 3.74. The Kier molecular flexibility index (Phi) is 3.19. The van der Waals surface area contributed by atoms with E-state index in [1.165, 1.54) is 16.9 Å². The molecule has 1 aromatic heterocycles. The lowest BCUT2D eigenvalue weighted by Gasteiger charge is -2.32. The SMILES string of the molecule is Brc1cncc(CN2CCNc3ccccc32)c1. The van der Waals surface area contributed by atoms with E-state index in [4.69, 9.17) is 0 Å². The molecule has 0 bridgehead atoms. The maximum atomic E-state index is 4.22. The van der Waals surface area contributed by atoms with Crippen molar-refractivity contribution in [3.63, 3.8) is 0 Å². The number of fused-ring (bicyclic) bond motifs is 1. The van der Waals surface area contributed by atoms with Gasteiger partial charge in [-0.25, -0.2) is 0 Å². The highest BCUT2D eigenvalue weighted by Crippen LogP contribution is 2.29. The van der Waals surface area contributed by atoms with Gasteiger partial charge in [0.2, 0.25) is 0 Å². The number of nitrogens with zero attached hydrogens (tertiary/aromatic N) is 2. The van der Waals surface area contributed by atoms with Gasteiger partial charge in [-0.2, -0.15) is 0 Å². The number of aromatic nitrogens is 1. The molecule has 0 saturated heterocycles. The van der Waals surface area contributed by atoms with Crippen LogP contribution in [0.2, 0.25) is 0 Å². The molecule has 3 nitrogen and oxygen atoms in total. The predicted octanol–water partition coefficient (Wildman–Crippen LogP) is 3.28. The van der Waals surface area contributed by atoms with Crippen LogP contribution in [0.5, 0.6) is 0 Å². The second-order valence-corrected chi connectivity index (χ2v) is 5.29. The zero-order valence-corrected chi connectivity index (χ0v) is 11.5. The quantitative estimate of drug-likeness (QED) is 0.923. The highest BCUT2D eigenvalue weighted by atomic mass is 79.9. The van der Waals surface area contributed by atoms with E-state index < -0.39 is 0 Å². The van der Waals surface area contributed by atoms with Crippen molar-refractivity contribution in [3.05, 3.63) is 52.8 Å². The third kappa shape index (κ3) is 2.34. The van der Waals surface area contributed by atoms with E-state index in [2.05, 4.69) is 61.5 Å². The van der Waals surface area contributed by atoms with Crippen molar-refractivity contribution in [1.82, 2.24) is 4.98 Å². The maximum Gasteiger partial charge on any atom is 0.0605 e. The second kappa shape index (κ2) is 4.98. The van der Waals surface area contributed by atoms with Crippen LogP contribution in [-0.2, 0) is 6.54 Å². The van der Waals surface area contributed by atoms with Crippen molar-refractivity contribution >= 4 is 27.3 Å². The molecule has 0 amide bonds. The number of halogens is 1. The lowest BCUT2D eigenvalue weighted by molar-refractivity contribution is 0.784. The van der Waals surface area contributed by atoms with E-state index in [0.29, 0.717) is 0 Å². The minimum Gasteiger partial charge on any atom is -0.382 e. The third-order valence-corrected chi connectivity index (χ3v) is 3.51. The number of para-hydroxylation sites is 2. The minimum absolute atomic E-state index is 0.894. The van der Waals surface area contributed by atoms with Crippen LogP contribution in [0.25, 0.3) is 0 Å². The van der Waals surface area contributed by atoms with E-state index in [9.17, 15) is 0 Å². The van der Waals surface area contributed by atoms with Gasteiger partial charge in [0.25, 0.3) is 0 Å². The molecule has 1 N–H and O–H groups in total. The van der Waals surface area contributed by atoms with Gasteiger partial charge in [-0.05, 0) is 39.7 Å². The van der Waals surface area contributed by atoms with Gasteiger partial charge < -0.3 is 10.2 Å². The van der Waals surface area contributed by atoms with E-state index in [1.807, 2.05) is 12.4 Å². The molecule has 0 fully saturated rings. The van der Waals surface area contributed by atoms with Crippen LogP contribution in [0.4, 0.5) is 11.4 Å². The smallest absolute Gasteiger partial charge is 0.0605 e. The van der Waals surface area contributed by atoms with Crippen molar-refractivity contribution in [3.8, 4) is 0 Å². The number of nitrogens with one attached hydrogen (secondary N) is 1. The van der Waals surface area contributed by atoms with Crippen LogP contribution < -0.4 is 10.2 Å². The van der Waals surface area contributed by atoms with Crippen LogP contribution >= 0.6 is 15.9 Å². The summed E-state index contributed by atoms with van der Waals surface area (Å²) in [5, 5.41) is 3.42. The van der Waals surface area contributed by atoms with Crippen molar-refractivity contribution in [2.75, 3.05) is 23.3 Å². The summed E-state index contributed by atoms with van der Waals surface area (Å²) in [4.78, 5) is 6.60. The van der Waals surface area contributed by atoms with Crippen LogP contribution in [0.15, 0.2) is 47.2 Å². The van der Waals surface area contributed by atoms with E-state index in [0.717, 1.165) is 24.1 Å². The van der Waals surface area contributed by atoms with Crippen LogP contribution in [0.3, 0.4) is 0 Å². The first-order chi connectivity index (χ1) is 8.83. The third-order valence-electron chi connectivity index (χ3n) is 3.08. The largest absolute Gasteiger partial charge is 0.382 e. The summed E-state index contributed by atoms with van der Waals surface area (Å²) >= 11 is 3.47. The van der Waals surface area contributed by atoms with Gasteiger partial charge in [-0.3, -0.25) is 4.98 Å². The zero-order chi connectivity index (χ0) is 12.4. The van der Waals surface area contributed by atoms with Crippen molar-refractivity contribution in [1.29, 1.82) is 0 Å². The first-order valence-electron chi connectivity index (χ1n) is 6.00. The summed E-state index contributed by atoms with van der Waals surface area (Å²) in [5.74, 6) is 0. The molecule has 0 aliphatic carbocycles. The summed E-state index contributed by atoms with van der Waals surface area (Å²) in [5.41, 5.74) is 3.71. The topological polar surface area (TPSA) is 28.2 Å². The van der Waals surface area contributed by atoms with Crippen molar-refractivity contribution < 1.29 is 0 Å². The first-order valence-corrected chi connectivity index (χ1v) is 6.79. The van der Waals surface area contributed by atoms with Gasteiger partial charge in [0.15, 0.2) is 0 Å². The summed E-state index contributed by atoms with van der Waals surface area (Å²) in [7, 11) is 0. The summed E-state index contributed by atoms with van der Waals surface area (Å²) < 4.78 is 1.03. The van der Waals surface area contributed by atoms with Gasteiger partial charge >= 0.3 is 0 Å². The average molecular weight is 304 g/mol. The average Bonchev–Trinajstić information content (AvgIpc) is 2.39. The number of benzene rings is 1. The van der Waals surface area contributed by atoms with Crippen LogP contribution in [0.1, 0.15) is 5.56 Å². The number of anilines is 2. The molecule has 4 heteroatoms. The number of pyridine rings is 1. The predicted molar refractivity (Wildman–Crippen MR) is 77.9 cm³/mol. The molecule has 0 radical (unpaired) electrons. The van der Waals surface area contributed by atoms with E-state index in [1.54, 1.807) is 0 Å². The Hall–Kier alpha value is -1.55. The fourth-order valence-corrected chi connectivity index (χ4v) is 2.68. The van der Waals surface area contributed by atoms with Crippen molar-refractivity contribution in [2.45, 2.75) is 6.54 Å². The summed E-state index contributed by atoms with van der Waals surface area (Å²) in [6, 6.07) is 10.6. The van der Waals surface area contributed by atoms with Crippen molar-refractivity contribution in [2.24, 2.45) is 0 Å². The Morgan fingerprint density at radius 1 is 1.28 bits per heavy atom. The number of rotatable bonds is 2. The van der Waals surface area contributed by atoms with Gasteiger partial charge in [0.05, 0.1) is 11.4 Å². The molecule has 0 saturated carbocycles. The second-order valence-electron chi connectivity index (χ2n) is 4.38. The fraction of sp³-hybridized carbons (Fsp3) is 0.214. The molecule has 1 aromatic carbocycles. The van der Waals surface area contributed by atoms with Gasteiger partial charge in [-0.15, -0.1) is 0 Å². The Labute approximate surface area is 115 Å². The monoisotopic (exact) mass is 303 g/mol. The van der Waals surface area contributed by atoms with Gasteiger partial charge in [0.1, 0.15) is 0 Å². The minimum atomic E-state index is 0.894. The standard InChI is InChI=1S/C14H14BrN3/c15-12-7-11(8-16-9-12)10-18-6-5-17-13-3-1-2-4-14(13)18/h1-4,7-9,17H,5-6,10H2. The molecule has 3 rings (SSSR count). The lowest BCUT2D eigenvalue weighted by Crippen LogP contribution is -2.33. The lowest BCUT2D eigenvalue weighted by atomic mass is 10.1. The number of hydrogen-bond acceptors (Lipinski definition) is 3. The molecule has 0 spiro atoms. The Morgan fingerprint density at radius 3 is 3.06 bits per heavy atom. The maximum absolute atomic E-state index is 4.22. The fourth-order valence-electron chi connectivity index (χ4n) is 2.27. The normalized spacial score (nSPS) is 13.9. The first kappa shape index (κ1) is 11.5. The molecule has 18 heavy (non-hydrogen) atoms. The molecule has 1 aliphatic rings. The van der Waals surface area contributed by atoms with Gasteiger partial charge in [-0.1, -0.05) is 12.1 Å². The zero-order valence-electron chi connectivity index (χ0n) is 9.94. The summed E-state index contributed by atoms with van der Waals surface area (Å²) in [6.45, 7) is 2.90. The molecule has 0 unspecified atom stereocenters. The van der Waals surface area contributed by atoms with Crippen LogP contribution in [-0.4, -0.2) is 18.1 Å². The van der Waals surface area contributed by atoms with Gasteiger partial charge in [0, 0.05) is 36.5 Å². The van der Waals surface area contributed by atoms with E-state index >= 15 is 0 Å². The van der Waals surface area contributed by atoms with E-state index in [-0.39, 0.29) is 0 Å². The highest BCUT2D eigenvalue weighted by molar-refractivity contribution is 9.10. The van der Waals surface area contributed by atoms with Crippen LogP contribution in [0, 0.1) is 0 Å². The molecule has 2 heterocycles. The highest BCUT2D eigenvalue weighted by Gasteiger charge is 2.15. The molecular weight excluding hydrogens is 290 g/mol. The Bertz CT molecular complexity index is 556. The molecule has 1 aliphatic heterocycles. The Balaban J connectivity index is 1.86. The molecule has 2 aromatic rings. The molecular formula is C14H14BrN3. The Morgan fingerprint density at radius 2 is 2.17 bits per heavy atom. The number of hydrogen-bond donors (Lipinski definition) is 1. The molecule has 0 atom stereocenters. The molecule has 92 valence electrons.